The molecular formula is C16H17Cl2N3O3. The largest absolute Gasteiger partial charge is 0.494 e. The van der Waals surface area contributed by atoms with Gasteiger partial charge in [-0.25, -0.2) is 0 Å². The van der Waals surface area contributed by atoms with Crippen LogP contribution in [0, 0.1) is 6.92 Å². The first-order chi connectivity index (χ1) is 11.4. The van der Waals surface area contributed by atoms with Crippen LogP contribution < -0.4 is 10.1 Å². The van der Waals surface area contributed by atoms with Crippen LogP contribution in [0.5, 0.6) is 5.75 Å². The van der Waals surface area contributed by atoms with E-state index in [0.29, 0.717) is 23.0 Å². The average molecular weight is 370 g/mol. The number of halogens is 2. The van der Waals surface area contributed by atoms with Gasteiger partial charge < -0.3 is 14.6 Å². The number of methoxy groups -OCH3 is 1. The molecule has 0 saturated heterocycles. The van der Waals surface area contributed by atoms with Crippen LogP contribution in [0.4, 0.5) is 0 Å². The Labute approximate surface area is 149 Å². The molecule has 8 heteroatoms. The van der Waals surface area contributed by atoms with Crippen LogP contribution in [0.1, 0.15) is 47.8 Å². The summed E-state index contributed by atoms with van der Waals surface area (Å²) in [4.78, 5) is 17.0. The molecule has 128 valence electrons. The molecular weight excluding hydrogens is 353 g/mol. The third kappa shape index (κ3) is 3.08. The third-order valence-electron chi connectivity index (χ3n) is 4.23. The summed E-state index contributed by atoms with van der Waals surface area (Å²) < 4.78 is 10.2. The number of hydrogen-bond acceptors (Lipinski definition) is 5. The molecule has 6 nitrogen and oxygen atoms in total. The van der Waals surface area contributed by atoms with Crippen LogP contribution >= 0.6 is 23.2 Å². The lowest BCUT2D eigenvalue weighted by Gasteiger charge is -2.27. The number of nitrogens with zero attached hydrogens (tertiary/aromatic N) is 2. The van der Waals surface area contributed by atoms with Crippen LogP contribution in [0.15, 0.2) is 16.7 Å². The SMILES string of the molecule is COc1c(Cl)cc(C(=O)NC2(c3noc(C)n3)CCCC2)cc1Cl. The zero-order chi connectivity index (χ0) is 17.3. The Morgan fingerprint density at radius 1 is 1.29 bits per heavy atom. The molecule has 1 aromatic carbocycles. The molecule has 1 saturated carbocycles. The average Bonchev–Trinajstić information content (AvgIpc) is 3.17. The third-order valence-corrected chi connectivity index (χ3v) is 4.79. The molecule has 1 amide bonds. The Morgan fingerprint density at radius 2 is 1.92 bits per heavy atom. The lowest BCUT2D eigenvalue weighted by Crippen LogP contribution is -2.44. The second-order valence-electron chi connectivity index (χ2n) is 5.85. The Morgan fingerprint density at radius 3 is 2.42 bits per heavy atom. The van der Waals surface area contributed by atoms with Gasteiger partial charge in [-0.05, 0) is 25.0 Å². The first kappa shape index (κ1) is 17.0. The van der Waals surface area contributed by atoms with Crippen molar-refractivity contribution in [1.29, 1.82) is 0 Å². The normalized spacial score (nSPS) is 16.2. The Bertz CT molecular complexity index is 747. The number of hydrogen-bond donors (Lipinski definition) is 1. The number of carbonyl (C=O) groups excluding carboxylic acids is 1. The number of carbonyl (C=O) groups is 1. The summed E-state index contributed by atoms with van der Waals surface area (Å²) in [7, 11) is 1.47. The highest BCUT2D eigenvalue weighted by Gasteiger charge is 2.41. The van der Waals surface area contributed by atoms with Crippen molar-refractivity contribution >= 4 is 29.1 Å². The van der Waals surface area contributed by atoms with E-state index in [-0.39, 0.29) is 16.0 Å². The van der Waals surface area contributed by atoms with Gasteiger partial charge in [0, 0.05) is 12.5 Å². The fourth-order valence-electron chi connectivity index (χ4n) is 3.05. The van der Waals surface area contributed by atoms with Crippen LogP contribution in [-0.4, -0.2) is 23.2 Å². The van der Waals surface area contributed by atoms with Gasteiger partial charge in [-0.15, -0.1) is 0 Å². The molecule has 1 N–H and O–H groups in total. The molecule has 0 atom stereocenters. The second-order valence-corrected chi connectivity index (χ2v) is 6.67. The first-order valence-corrected chi connectivity index (χ1v) is 8.37. The van der Waals surface area contributed by atoms with Gasteiger partial charge in [0.25, 0.3) is 5.91 Å². The smallest absolute Gasteiger partial charge is 0.252 e. The van der Waals surface area contributed by atoms with E-state index in [0.717, 1.165) is 25.7 Å². The summed E-state index contributed by atoms with van der Waals surface area (Å²) in [6.45, 7) is 1.73. The summed E-state index contributed by atoms with van der Waals surface area (Å²) in [5, 5.41) is 7.62. The standard InChI is InChI=1S/C16H17Cl2N3O3/c1-9-19-15(21-24-9)16(5-3-4-6-16)20-14(22)10-7-11(17)13(23-2)12(18)8-10/h7-8H,3-6H2,1-2H3,(H,20,22). The minimum absolute atomic E-state index is 0.283. The maximum Gasteiger partial charge on any atom is 0.252 e. The highest BCUT2D eigenvalue weighted by Crippen LogP contribution is 2.38. The summed E-state index contributed by atoms with van der Waals surface area (Å²) in [6.07, 6.45) is 3.49. The highest BCUT2D eigenvalue weighted by atomic mass is 35.5. The maximum absolute atomic E-state index is 12.7. The molecule has 3 rings (SSSR count). The molecule has 1 heterocycles. The number of aryl methyl sites for hydroxylation is 1. The quantitative estimate of drug-likeness (QED) is 0.884. The molecule has 0 aliphatic heterocycles. The summed E-state index contributed by atoms with van der Waals surface area (Å²) in [5.41, 5.74) is -0.259. The Hall–Kier alpha value is -1.79. The van der Waals surface area contributed by atoms with Crippen molar-refractivity contribution in [2.75, 3.05) is 7.11 Å². The lowest BCUT2D eigenvalue weighted by molar-refractivity contribution is 0.0892. The van der Waals surface area contributed by atoms with Crippen molar-refractivity contribution in [3.05, 3.63) is 39.5 Å². The van der Waals surface area contributed by atoms with Crippen molar-refractivity contribution in [3.8, 4) is 5.75 Å². The molecule has 1 aliphatic rings. The highest BCUT2D eigenvalue weighted by molar-refractivity contribution is 6.37. The van der Waals surface area contributed by atoms with Crippen molar-refractivity contribution in [1.82, 2.24) is 15.5 Å². The van der Waals surface area contributed by atoms with Crippen LogP contribution in [0.25, 0.3) is 0 Å². The van der Waals surface area contributed by atoms with Gasteiger partial charge in [0.2, 0.25) is 5.89 Å². The monoisotopic (exact) mass is 369 g/mol. The van der Waals surface area contributed by atoms with E-state index in [1.54, 1.807) is 6.92 Å². The van der Waals surface area contributed by atoms with E-state index in [4.69, 9.17) is 32.5 Å². The number of amides is 1. The minimum Gasteiger partial charge on any atom is -0.494 e. The first-order valence-electron chi connectivity index (χ1n) is 7.61. The maximum atomic E-state index is 12.7. The number of rotatable bonds is 4. The molecule has 0 unspecified atom stereocenters. The number of benzene rings is 1. The molecule has 0 bridgehead atoms. The predicted octanol–water partition coefficient (Wildman–Crippen LogP) is 3.89. The minimum atomic E-state index is -0.617. The Kier molecular flexibility index (Phi) is 4.69. The topological polar surface area (TPSA) is 77.2 Å². The summed E-state index contributed by atoms with van der Waals surface area (Å²) >= 11 is 12.2. The van der Waals surface area contributed by atoms with Gasteiger partial charge in [0.05, 0.1) is 17.2 Å². The fourth-order valence-corrected chi connectivity index (χ4v) is 3.69. The van der Waals surface area contributed by atoms with Crippen molar-refractivity contribution in [2.45, 2.75) is 38.1 Å². The predicted molar refractivity (Wildman–Crippen MR) is 89.7 cm³/mol. The number of nitrogens with one attached hydrogen (secondary N) is 1. The molecule has 0 radical (unpaired) electrons. The van der Waals surface area contributed by atoms with Gasteiger partial charge >= 0.3 is 0 Å². The summed E-state index contributed by atoms with van der Waals surface area (Å²) in [6, 6.07) is 3.07. The van der Waals surface area contributed by atoms with E-state index in [2.05, 4.69) is 15.5 Å². The summed E-state index contributed by atoms with van der Waals surface area (Å²) in [5.74, 6) is 1.04. The van der Waals surface area contributed by atoms with Gasteiger partial charge in [-0.1, -0.05) is 41.2 Å². The zero-order valence-electron chi connectivity index (χ0n) is 13.4. The van der Waals surface area contributed by atoms with Crippen molar-refractivity contribution in [3.63, 3.8) is 0 Å². The fraction of sp³-hybridized carbons (Fsp3) is 0.438. The zero-order valence-corrected chi connectivity index (χ0v) is 14.9. The van der Waals surface area contributed by atoms with E-state index >= 15 is 0 Å². The van der Waals surface area contributed by atoms with Gasteiger partial charge in [-0.3, -0.25) is 4.79 Å². The van der Waals surface area contributed by atoms with E-state index in [1.807, 2.05) is 0 Å². The molecule has 1 fully saturated rings. The van der Waals surface area contributed by atoms with E-state index in [1.165, 1.54) is 19.2 Å². The number of aromatic nitrogens is 2. The molecule has 1 aromatic heterocycles. The van der Waals surface area contributed by atoms with Crippen LogP contribution in [0.3, 0.4) is 0 Å². The van der Waals surface area contributed by atoms with Gasteiger partial charge in [0.1, 0.15) is 5.54 Å². The molecule has 1 aliphatic carbocycles. The van der Waals surface area contributed by atoms with Crippen molar-refractivity contribution < 1.29 is 14.1 Å². The van der Waals surface area contributed by atoms with E-state index < -0.39 is 5.54 Å². The van der Waals surface area contributed by atoms with Gasteiger partial charge in [-0.2, -0.15) is 4.98 Å². The van der Waals surface area contributed by atoms with Crippen LogP contribution in [-0.2, 0) is 5.54 Å². The van der Waals surface area contributed by atoms with Gasteiger partial charge in [0.15, 0.2) is 11.6 Å². The van der Waals surface area contributed by atoms with Crippen molar-refractivity contribution in [2.24, 2.45) is 0 Å². The number of ether oxygens (including phenoxy) is 1. The molecule has 2 aromatic rings. The molecule has 24 heavy (non-hydrogen) atoms. The van der Waals surface area contributed by atoms with E-state index in [9.17, 15) is 4.79 Å². The van der Waals surface area contributed by atoms with Crippen LogP contribution in [0.2, 0.25) is 10.0 Å². The second kappa shape index (κ2) is 6.61. The Balaban J connectivity index is 1.90. The lowest BCUT2D eigenvalue weighted by atomic mass is 9.96. The molecule has 0 spiro atoms.